The number of hydrogen-bond acceptors (Lipinski definition) is 10. The molecule has 0 bridgehead atoms. The van der Waals surface area contributed by atoms with Crippen LogP contribution < -0.4 is 0 Å². The number of rotatable bonds is 0. The molecule has 0 aromatic carbocycles. The van der Waals surface area contributed by atoms with Gasteiger partial charge < -0.3 is 34.3 Å². The maximum atomic E-state index is 13.4. The zero-order valence-electron chi connectivity index (χ0n) is 16.9. The van der Waals surface area contributed by atoms with Crippen molar-refractivity contribution in [2.45, 2.75) is 76.0 Å². The molecule has 164 valence electrons. The van der Waals surface area contributed by atoms with Crippen molar-refractivity contribution in [2.24, 2.45) is 28.1 Å². The molecule has 3 N–H and O–H groups in total. The zero-order valence-corrected chi connectivity index (χ0v) is 16.9. The van der Waals surface area contributed by atoms with Crippen LogP contribution in [0.15, 0.2) is 0 Å². The lowest BCUT2D eigenvalue weighted by atomic mass is 9.51. The maximum Gasteiger partial charge on any atom is 0.343 e. The molecule has 2 spiro atoms. The molecule has 6 rings (SSSR count). The Bertz CT molecular complexity index is 925. The Hall–Kier alpha value is -1.75. The first-order chi connectivity index (χ1) is 13.8. The Morgan fingerprint density at radius 3 is 2.33 bits per heavy atom. The van der Waals surface area contributed by atoms with Crippen LogP contribution in [0.3, 0.4) is 0 Å². The summed E-state index contributed by atoms with van der Waals surface area (Å²) in [4.78, 5) is 38.2. The Morgan fingerprint density at radius 2 is 1.70 bits per heavy atom. The molecule has 4 saturated heterocycles. The van der Waals surface area contributed by atoms with Crippen LogP contribution in [0.4, 0.5) is 0 Å². The highest BCUT2D eigenvalue weighted by Gasteiger charge is 3.03. The fourth-order valence-electron chi connectivity index (χ4n) is 8.12. The first kappa shape index (κ1) is 19.0. The number of hydrogen-bond donors (Lipinski definition) is 3. The van der Waals surface area contributed by atoms with Crippen LogP contribution in [0.2, 0.25) is 0 Å². The van der Waals surface area contributed by atoms with Crippen LogP contribution in [0, 0.1) is 28.1 Å². The van der Waals surface area contributed by atoms with Crippen molar-refractivity contribution < 1.29 is 48.7 Å². The molecule has 11 atom stereocenters. The fraction of sp³-hybridized carbons (Fsp3) is 0.850. The second kappa shape index (κ2) is 4.69. The van der Waals surface area contributed by atoms with Crippen LogP contribution >= 0.6 is 0 Å². The molecule has 6 aliphatic rings. The van der Waals surface area contributed by atoms with Gasteiger partial charge in [-0.15, -0.1) is 0 Å². The van der Waals surface area contributed by atoms with Crippen molar-refractivity contribution in [3.05, 3.63) is 0 Å². The minimum Gasteiger partial charge on any atom is -0.459 e. The average Bonchev–Trinajstić information content (AvgIpc) is 3.35. The highest BCUT2D eigenvalue weighted by atomic mass is 16.8. The van der Waals surface area contributed by atoms with Gasteiger partial charge in [0.2, 0.25) is 11.9 Å². The normalized spacial score (nSPS) is 60.1. The van der Waals surface area contributed by atoms with Crippen molar-refractivity contribution >= 4 is 17.9 Å². The summed E-state index contributed by atoms with van der Waals surface area (Å²) in [6.07, 6.45) is -6.91. The minimum absolute atomic E-state index is 0.229. The van der Waals surface area contributed by atoms with Gasteiger partial charge in [0.1, 0.15) is 12.2 Å². The summed E-state index contributed by atoms with van der Waals surface area (Å²) in [6, 6.07) is 0. The third-order valence-corrected chi connectivity index (χ3v) is 9.00. The molecule has 30 heavy (non-hydrogen) atoms. The average molecular weight is 424 g/mol. The van der Waals surface area contributed by atoms with Gasteiger partial charge >= 0.3 is 17.9 Å². The van der Waals surface area contributed by atoms with E-state index in [4.69, 9.17) is 18.9 Å². The molecule has 2 saturated carbocycles. The standard InChI is InChI=1S/C20H24O10/c1-6-12(23)28-11-9(21)18-8-5-7(16(2,3)4)17(18)10(22)13(24)29-15(17)30-20(18,14(25)27-8)19(6,11)26/h6-11,15,21-22,26H,5H2,1-4H3/t6-,7+,8-,9+,10+,11?,15?,17?,18?,19-,20+/m1/s1. The van der Waals surface area contributed by atoms with Gasteiger partial charge in [0.15, 0.2) is 17.8 Å². The first-order valence-corrected chi connectivity index (χ1v) is 10.2. The molecular formula is C20H24O10. The van der Waals surface area contributed by atoms with Gasteiger partial charge in [-0.2, -0.15) is 0 Å². The lowest BCUT2D eigenvalue weighted by Crippen LogP contribution is -2.67. The lowest BCUT2D eigenvalue weighted by Gasteiger charge is -2.47. The molecule has 0 amide bonds. The molecule has 4 unspecified atom stereocenters. The summed E-state index contributed by atoms with van der Waals surface area (Å²) in [7, 11) is 0. The summed E-state index contributed by atoms with van der Waals surface area (Å²) in [6.45, 7) is 7.14. The van der Waals surface area contributed by atoms with E-state index < -0.39 is 87.9 Å². The predicted molar refractivity (Wildman–Crippen MR) is 92.0 cm³/mol. The van der Waals surface area contributed by atoms with Crippen LogP contribution in [0.1, 0.15) is 34.1 Å². The molecule has 2 aliphatic carbocycles. The minimum atomic E-state index is -2.24. The van der Waals surface area contributed by atoms with Gasteiger partial charge in [-0.25, -0.2) is 9.59 Å². The summed E-state index contributed by atoms with van der Waals surface area (Å²) < 4.78 is 22.5. The Labute approximate surface area is 171 Å². The van der Waals surface area contributed by atoms with Gasteiger partial charge in [-0.1, -0.05) is 20.8 Å². The maximum absolute atomic E-state index is 13.4. The number of aliphatic hydroxyl groups excluding tert-OH is 2. The van der Waals surface area contributed by atoms with E-state index in [1.165, 1.54) is 6.92 Å². The Morgan fingerprint density at radius 1 is 1.03 bits per heavy atom. The van der Waals surface area contributed by atoms with Crippen LogP contribution in [0.5, 0.6) is 0 Å². The molecule has 0 aromatic rings. The van der Waals surface area contributed by atoms with Gasteiger partial charge in [-0.05, 0) is 24.7 Å². The van der Waals surface area contributed by atoms with E-state index in [1.54, 1.807) is 0 Å². The van der Waals surface area contributed by atoms with Crippen molar-refractivity contribution in [3.63, 3.8) is 0 Å². The van der Waals surface area contributed by atoms with Gasteiger partial charge in [0, 0.05) is 0 Å². The van der Waals surface area contributed by atoms with Crippen molar-refractivity contribution in [2.75, 3.05) is 0 Å². The first-order valence-electron chi connectivity index (χ1n) is 10.2. The third kappa shape index (κ3) is 1.33. The summed E-state index contributed by atoms with van der Waals surface area (Å²) in [5, 5.41) is 34.7. The number of ether oxygens (including phenoxy) is 4. The summed E-state index contributed by atoms with van der Waals surface area (Å²) in [5.41, 5.74) is -8.26. The van der Waals surface area contributed by atoms with E-state index in [1.807, 2.05) is 20.8 Å². The lowest BCUT2D eigenvalue weighted by molar-refractivity contribution is -0.239. The van der Waals surface area contributed by atoms with E-state index in [9.17, 15) is 29.7 Å². The van der Waals surface area contributed by atoms with E-state index in [0.29, 0.717) is 0 Å². The van der Waals surface area contributed by atoms with Crippen LogP contribution in [-0.2, 0) is 33.3 Å². The number of aliphatic hydroxyl groups is 3. The largest absolute Gasteiger partial charge is 0.459 e. The van der Waals surface area contributed by atoms with Gasteiger partial charge in [-0.3, -0.25) is 4.79 Å². The van der Waals surface area contributed by atoms with Crippen molar-refractivity contribution in [1.29, 1.82) is 0 Å². The Balaban J connectivity index is 1.72. The molecule has 0 radical (unpaired) electrons. The fourth-order valence-corrected chi connectivity index (χ4v) is 8.12. The number of carbonyl (C=O) groups excluding carboxylic acids is 3. The molecular weight excluding hydrogens is 400 g/mol. The topological polar surface area (TPSA) is 149 Å². The van der Waals surface area contributed by atoms with Crippen LogP contribution in [0.25, 0.3) is 0 Å². The van der Waals surface area contributed by atoms with E-state index in [-0.39, 0.29) is 6.42 Å². The van der Waals surface area contributed by atoms with Crippen molar-refractivity contribution in [1.82, 2.24) is 0 Å². The molecule has 4 aliphatic heterocycles. The molecule has 10 nitrogen and oxygen atoms in total. The number of fused-ring (bicyclic) bond motifs is 1. The highest BCUT2D eigenvalue weighted by Crippen LogP contribution is 2.84. The quantitative estimate of drug-likeness (QED) is 0.314. The molecule has 4 heterocycles. The number of carbonyl (C=O) groups is 3. The third-order valence-electron chi connectivity index (χ3n) is 9.00. The molecule has 6 fully saturated rings. The van der Waals surface area contributed by atoms with E-state index in [0.717, 1.165) is 0 Å². The van der Waals surface area contributed by atoms with Crippen LogP contribution in [-0.4, -0.2) is 75.1 Å². The summed E-state index contributed by atoms with van der Waals surface area (Å²) in [5.74, 6) is -4.32. The monoisotopic (exact) mass is 424 g/mol. The van der Waals surface area contributed by atoms with Gasteiger partial charge in [0.05, 0.1) is 16.7 Å². The predicted octanol–water partition coefficient (Wildman–Crippen LogP) is -1.37. The smallest absolute Gasteiger partial charge is 0.343 e. The van der Waals surface area contributed by atoms with Crippen molar-refractivity contribution in [3.8, 4) is 0 Å². The zero-order chi connectivity index (χ0) is 21.8. The van der Waals surface area contributed by atoms with E-state index in [2.05, 4.69) is 0 Å². The highest BCUT2D eigenvalue weighted by molar-refractivity contribution is 5.94. The van der Waals surface area contributed by atoms with Gasteiger partial charge in [0.25, 0.3) is 0 Å². The summed E-state index contributed by atoms with van der Waals surface area (Å²) >= 11 is 0. The Kier molecular flexibility index (Phi) is 2.97. The number of esters is 3. The SMILES string of the molecule is C[C@@H]1C(=O)OC2[C@H](O)C34[C@H]5C[C@@H](C(C)(C)C)C36C(OC(=O)[C@@H]6O)O[C@]4(C(=O)O5)[C@]21O. The second-order valence-corrected chi connectivity index (χ2v) is 10.7. The van der Waals surface area contributed by atoms with E-state index >= 15 is 0 Å². The second-order valence-electron chi connectivity index (χ2n) is 10.7. The molecule has 10 heteroatoms. The molecule has 0 aromatic heterocycles.